The number of phenols is 1. The molecule has 0 aromatic heterocycles. The van der Waals surface area contributed by atoms with Crippen LogP contribution in [0.3, 0.4) is 0 Å². The van der Waals surface area contributed by atoms with Crippen molar-refractivity contribution in [3.8, 4) is 5.75 Å². The van der Waals surface area contributed by atoms with Gasteiger partial charge < -0.3 is 5.11 Å². The van der Waals surface area contributed by atoms with Crippen LogP contribution in [-0.4, -0.2) is 10.9 Å². The average Bonchev–Trinajstić information content (AvgIpc) is 2.68. The molecule has 3 aromatic rings. The lowest BCUT2D eigenvalue weighted by molar-refractivity contribution is 0.104. The van der Waals surface area contributed by atoms with Crippen LogP contribution in [0.2, 0.25) is 0 Å². The molecule has 0 aliphatic rings. The van der Waals surface area contributed by atoms with Gasteiger partial charge in [0.05, 0.1) is 0 Å². The van der Waals surface area contributed by atoms with Gasteiger partial charge in [0.2, 0.25) is 0 Å². The fraction of sp³-hybridized carbons (Fsp3) is 0.125. The lowest BCUT2D eigenvalue weighted by atomic mass is 9.77. The molecule has 26 heavy (non-hydrogen) atoms. The van der Waals surface area contributed by atoms with Crippen LogP contribution >= 0.6 is 0 Å². The number of allylic oxidation sites excluding steroid dienone is 1. The Kier molecular flexibility index (Phi) is 5.04. The number of carbonyl (C=O) groups excluding carboxylic acids is 1. The van der Waals surface area contributed by atoms with Crippen molar-refractivity contribution in [2.24, 2.45) is 0 Å². The second kappa shape index (κ2) is 7.40. The molecule has 3 aromatic carbocycles. The van der Waals surface area contributed by atoms with Crippen LogP contribution in [0.1, 0.15) is 40.9 Å². The van der Waals surface area contributed by atoms with E-state index in [2.05, 4.69) is 26.0 Å². The highest BCUT2D eigenvalue weighted by molar-refractivity contribution is 6.06. The SMILES string of the molecule is CC(C)(c1ccccc1)c1ccc(O)c(C=CC(=O)c2ccccc2)c1. The maximum atomic E-state index is 12.3. The zero-order valence-electron chi connectivity index (χ0n) is 15.0. The molecular weight excluding hydrogens is 320 g/mol. The molecule has 2 heteroatoms. The Bertz CT molecular complexity index is 923. The molecule has 0 bridgehead atoms. The van der Waals surface area contributed by atoms with E-state index in [1.165, 1.54) is 11.6 Å². The number of hydrogen-bond acceptors (Lipinski definition) is 2. The Morgan fingerprint density at radius 3 is 2.12 bits per heavy atom. The van der Waals surface area contributed by atoms with Gasteiger partial charge in [0.1, 0.15) is 5.75 Å². The maximum Gasteiger partial charge on any atom is 0.185 e. The Morgan fingerprint density at radius 1 is 0.846 bits per heavy atom. The molecule has 1 N–H and O–H groups in total. The first kappa shape index (κ1) is 17.7. The molecule has 0 radical (unpaired) electrons. The van der Waals surface area contributed by atoms with E-state index in [0.717, 1.165) is 5.56 Å². The summed E-state index contributed by atoms with van der Waals surface area (Å²) in [5, 5.41) is 10.2. The van der Waals surface area contributed by atoms with Gasteiger partial charge in [-0.05, 0) is 35.4 Å². The summed E-state index contributed by atoms with van der Waals surface area (Å²) in [6.45, 7) is 4.30. The average molecular weight is 342 g/mol. The van der Waals surface area contributed by atoms with Gasteiger partial charge in [0.15, 0.2) is 5.78 Å². The van der Waals surface area contributed by atoms with E-state index >= 15 is 0 Å². The first-order valence-electron chi connectivity index (χ1n) is 8.65. The first-order valence-corrected chi connectivity index (χ1v) is 8.65. The first-order chi connectivity index (χ1) is 12.5. The van der Waals surface area contributed by atoms with Crippen molar-refractivity contribution in [1.29, 1.82) is 0 Å². The van der Waals surface area contributed by atoms with Gasteiger partial charge in [-0.3, -0.25) is 4.79 Å². The third kappa shape index (κ3) is 3.75. The Balaban J connectivity index is 1.91. The molecule has 0 amide bonds. The fourth-order valence-electron chi connectivity index (χ4n) is 2.96. The lowest BCUT2D eigenvalue weighted by Crippen LogP contribution is -2.18. The van der Waals surface area contributed by atoms with Crippen LogP contribution in [0.5, 0.6) is 5.75 Å². The number of phenolic OH excluding ortho intramolecular Hbond substituents is 1. The highest BCUT2D eigenvalue weighted by Gasteiger charge is 2.23. The smallest absolute Gasteiger partial charge is 0.185 e. The summed E-state index contributed by atoms with van der Waals surface area (Å²) >= 11 is 0. The molecule has 2 nitrogen and oxygen atoms in total. The van der Waals surface area contributed by atoms with Crippen molar-refractivity contribution in [3.05, 3.63) is 107 Å². The molecular formula is C24H22O2. The predicted octanol–water partition coefficient (Wildman–Crippen LogP) is 5.61. The molecule has 130 valence electrons. The van der Waals surface area contributed by atoms with Crippen LogP contribution in [0.25, 0.3) is 6.08 Å². The summed E-state index contributed by atoms with van der Waals surface area (Å²) in [5.41, 5.74) is 3.33. The summed E-state index contributed by atoms with van der Waals surface area (Å²) in [4.78, 5) is 12.3. The fourth-order valence-corrected chi connectivity index (χ4v) is 2.96. The zero-order valence-corrected chi connectivity index (χ0v) is 15.0. The number of rotatable bonds is 5. The van der Waals surface area contributed by atoms with E-state index < -0.39 is 0 Å². The third-order valence-corrected chi connectivity index (χ3v) is 4.72. The van der Waals surface area contributed by atoms with Crippen molar-refractivity contribution in [2.75, 3.05) is 0 Å². The quantitative estimate of drug-likeness (QED) is 0.483. The van der Waals surface area contributed by atoms with Gasteiger partial charge in [-0.2, -0.15) is 0 Å². The molecule has 0 aliphatic carbocycles. The molecule has 0 saturated carbocycles. The number of hydrogen-bond donors (Lipinski definition) is 1. The van der Waals surface area contributed by atoms with Gasteiger partial charge in [-0.25, -0.2) is 0 Å². The Morgan fingerprint density at radius 2 is 1.46 bits per heavy atom. The largest absolute Gasteiger partial charge is 0.507 e. The van der Waals surface area contributed by atoms with E-state index in [0.29, 0.717) is 11.1 Å². The molecule has 0 unspecified atom stereocenters. The van der Waals surface area contributed by atoms with E-state index in [9.17, 15) is 9.90 Å². The molecule has 0 aliphatic heterocycles. The van der Waals surface area contributed by atoms with Crippen LogP contribution in [0.15, 0.2) is 84.9 Å². The van der Waals surface area contributed by atoms with Crippen molar-refractivity contribution >= 4 is 11.9 Å². The van der Waals surface area contributed by atoms with Crippen molar-refractivity contribution < 1.29 is 9.90 Å². The van der Waals surface area contributed by atoms with Crippen LogP contribution in [0.4, 0.5) is 0 Å². The third-order valence-electron chi connectivity index (χ3n) is 4.72. The Labute approximate surface area is 154 Å². The lowest BCUT2D eigenvalue weighted by Gasteiger charge is -2.26. The minimum absolute atomic E-state index is 0.0854. The van der Waals surface area contributed by atoms with Gasteiger partial charge in [-0.1, -0.05) is 80.6 Å². The van der Waals surface area contributed by atoms with Gasteiger partial charge in [-0.15, -0.1) is 0 Å². The Hall–Kier alpha value is -3.13. The van der Waals surface area contributed by atoms with Crippen molar-refractivity contribution in [1.82, 2.24) is 0 Å². The highest BCUT2D eigenvalue weighted by atomic mass is 16.3. The van der Waals surface area contributed by atoms with E-state index in [4.69, 9.17) is 0 Å². The van der Waals surface area contributed by atoms with Crippen LogP contribution in [-0.2, 0) is 5.41 Å². The molecule has 3 rings (SSSR count). The van der Waals surface area contributed by atoms with E-state index in [1.807, 2.05) is 48.5 Å². The molecule has 0 spiro atoms. The minimum atomic E-state index is -0.207. The monoisotopic (exact) mass is 342 g/mol. The van der Waals surface area contributed by atoms with E-state index in [-0.39, 0.29) is 16.9 Å². The number of carbonyl (C=O) groups is 1. The summed E-state index contributed by atoms with van der Waals surface area (Å²) in [6.07, 6.45) is 3.18. The van der Waals surface area contributed by atoms with Crippen molar-refractivity contribution in [3.63, 3.8) is 0 Å². The van der Waals surface area contributed by atoms with Gasteiger partial charge in [0, 0.05) is 16.5 Å². The van der Waals surface area contributed by atoms with Crippen LogP contribution < -0.4 is 0 Å². The standard InChI is InChI=1S/C24H22O2/c1-24(2,20-11-7-4-8-12-20)21-14-16-23(26)19(17-21)13-15-22(25)18-9-5-3-6-10-18/h3-17,26H,1-2H3. The molecule has 0 fully saturated rings. The van der Waals surface area contributed by atoms with Gasteiger partial charge in [0.25, 0.3) is 0 Å². The summed E-state index contributed by atoms with van der Waals surface area (Å²) in [6, 6.07) is 24.9. The number of ketones is 1. The summed E-state index contributed by atoms with van der Waals surface area (Å²) in [7, 11) is 0. The maximum absolute atomic E-state index is 12.3. The minimum Gasteiger partial charge on any atom is -0.507 e. The summed E-state index contributed by atoms with van der Waals surface area (Å²) < 4.78 is 0. The normalized spacial score (nSPS) is 11.6. The summed E-state index contributed by atoms with van der Waals surface area (Å²) in [5.74, 6) is 0.0763. The highest BCUT2D eigenvalue weighted by Crippen LogP contribution is 2.34. The van der Waals surface area contributed by atoms with E-state index in [1.54, 1.807) is 24.3 Å². The second-order valence-electron chi connectivity index (χ2n) is 6.83. The number of aromatic hydroxyl groups is 1. The predicted molar refractivity (Wildman–Crippen MR) is 106 cm³/mol. The molecule has 0 saturated heterocycles. The molecule has 0 heterocycles. The van der Waals surface area contributed by atoms with Gasteiger partial charge >= 0.3 is 0 Å². The number of benzene rings is 3. The van der Waals surface area contributed by atoms with Crippen LogP contribution in [0, 0.1) is 0 Å². The van der Waals surface area contributed by atoms with Crippen molar-refractivity contribution in [2.45, 2.75) is 19.3 Å². The molecule has 0 atom stereocenters. The second-order valence-corrected chi connectivity index (χ2v) is 6.83. The topological polar surface area (TPSA) is 37.3 Å². The zero-order chi connectivity index (χ0) is 18.6.